The lowest BCUT2D eigenvalue weighted by Crippen LogP contribution is -2.09. The third-order valence-corrected chi connectivity index (χ3v) is 3.44. The smallest absolute Gasteiger partial charge is 0.231 e. The Hall–Kier alpha value is -2.28. The summed E-state index contributed by atoms with van der Waals surface area (Å²) in [4.78, 5) is 4.17. The van der Waals surface area contributed by atoms with Crippen LogP contribution in [0.25, 0.3) is 0 Å². The van der Waals surface area contributed by atoms with Crippen LogP contribution in [0.4, 0.5) is 0 Å². The highest BCUT2D eigenvalue weighted by Gasteiger charge is 2.23. The highest BCUT2D eigenvalue weighted by molar-refractivity contribution is 5.55. The molecule has 1 aromatic carbocycles. The molecule has 1 atom stereocenters. The summed E-state index contributed by atoms with van der Waals surface area (Å²) in [7, 11) is 1.56. The first kappa shape index (κ1) is 13.7. The van der Waals surface area contributed by atoms with E-state index < -0.39 is 6.10 Å². The first-order valence-corrected chi connectivity index (χ1v) is 6.75. The highest BCUT2D eigenvalue weighted by Crippen LogP contribution is 2.43. The summed E-state index contributed by atoms with van der Waals surface area (Å²) in [6.45, 7) is 2.86. The largest absolute Gasteiger partial charge is 0.493 e. The quantitative estimate of drug-likeness (QED) is 0.895. The van der Waals surface area contributed by atoms with Crippen LogP contribution in [0, 0.1) is 0 Å². The molecule has 1 aliphatic rings. The number of aryl methyl sites for hydroxylation is 1. The van der Waals surface area contributed by atoms with Gasteiger partial charge in [0.1, 0.15) is 12.2 Å². The van der Waals surface area contributed by atoms with Crippen molar-refractivity contribution in [1.82, 2.24) is 14.8 Å². The molecule has 2 aromatic rings. The fourth-order valence-corrected chi connectivity index (χ4v) is 2.34. The van der Waals surface area contributed by atoms with Gasteiger partial charge in [0.2, 0.25) is 12.5 Å². The van der Waals surface area contributed by atoms with Crippen molar-refractivity contribution in [1.29, 1.82) is 0 Å². The minimum Gasteiger partial charge on any atom is -0.493 e. The molecule has 0 bridgehead atoms. The molecule has 2 heterocycles. The molecule has 1 aliphatic heterocycles. The fourth-order valence-electron chi connectivity index (χ4n) is 2.34. The van der Waals surface area contributed by atoms with E-state index in [9.17, 15) is 5.11 Å². The van der Waals surface area contributed by atoms with Crippen LogP contribution in [-0.2, 0) is 13.0 Å². The summed E-state index contributed by atoms with van der Waals surface area (Å²) < 4.78 is 17.7. The number of hydrogen-bond donors (Lipinski definition) is 1. The molecule has 1 unspecified atom stereocenters. The van der Waals surface area contributed by atoms with Gasteiger partial charge in [-0.25, -0.2) is 4.98 Å². The van der Waals surface area contributed by atoms with Crippen molar-refractivity contribution in [2.24, 2.45) is 0 Å². The number of hydrogen-bond acceptors (Lipinski definition) is 6. The summed E-state index contributed by atoms with van der Waals surface area (Å²) >= 11 is 0. The summed E-state index contributed by atoms with van der Waals surface area (Å²) in [5.74, 6) is 2.45. The fraction of sp³-hybridized carbons (Fsp3) is 0.429. The summed E-state index contributed by atoms with van der Waals surface area (Å²) in [6.07, 6.45) is 1.14. The number of rotatable bonds is 5. The maximum absolute atomic E-state index is 10.4. The van der Waals surface area contributed by atoms with Gasteiger partial charge in [0.25, 0.3) is 0 Å². The summed E-state index contributed by atoms with van der Waals surface area (Å²) in [6, 6.07) is 3.52. The Kier molecular flexibility index (Phi) is 3.66. The minimum absolute atomic E-state index is 0.162. The second-order valence-electron chi connectivity index (χ2n) is 4.67. The maximum Gasteiger partial charge on any atom is 0.231 e. The molecule has 0 aliphatic carbocycles. The molecular weight excluding hydrogens is 274 g/mol. The maximum atomic E-state index is 10.4. The lowest BCUT2D eigenvalue weighted by molar-refractivity contribution is 0.169. The average molecular weight is 291 g/mol. The van der Waals surface area contributed by atoms with Crippen molar-refractivity contribution in [2.45, 2.75) is 26.0 Å². The normalized spacial score (nSPS) is 14.2. The average Bonchev–Trinajstić information content (AvgIpc) is 3.14. The van der Waals surface area contributed by atoms with Crippen LogP contribution in [-0.4, -0.2) is 33.8 Å². The Labute approximate surface area is 122 Å². The highest BCUT2D eigenvalue weighted by atomic mass is 16.7. The van der Waals surface area contributed by atoms with Gasteiger partial charge >= 0.3 is 0 Å². The predicted octanol–water partition coefficient (Wildman–Crippen LogP) is 1.31. The van der Waals surface area contributed by atoms with E-state index >= 15 is 0 Å². The SMILES string of the molecule is CCn1ncnc1CC(O)c1cc(OC)c2c(c1)OCO2. The van der Waals surface area contributed by atoms with Gasteiger partial charge in [0, 0.05) is 13.0 Å². The molecule has 1 aromatic heterocycles. The molecule has 112 valence electrons. The Bertz CT molecular complexity index is 641. The van der Waals surface area contributed by atoms with E-state index in [2.05, 4.69) is 10.1 Å². The van der Waals surface area contributed by atoms with Gasteiger partial charge in [-0.1, -0.05) is 0 Å². The van der Waals surface area contributed by atoms with E-state index in [-0.39, 0.29) is 6.79 Å². The van der Waals surface area contributed by atoms with Crippen molar-refractivity contribution < 1.29 is 19.3 Å². The van der Waals surface area contributed by atoms with E-state index in [1.54, 1.807) is 23.9 Å². The Morgan fingerprint density at radius 3 is 3.05 bits per heavy atom. The van der Waals surface area contributed by atoms with Gasteiger partial charge in [0.15, 0.2) is 11.5 Å². The van der Waals surface area contributed by atoms with Gasteiger partial charge in [-0.3, -0.25) is 4.68 Å². The van der Waals surface area contributed by atoms with Gasteiger partial charge in [-0.05, 0) is 24.6 Å². The van der Waals surface area contributed by atoms with E-state index in [0.717, 1.165) is 5.82 Å². The van der Waals surface area contributed by atoms with E-state index in [1.807, 2.05) is 6.92 Å². The standard InChI is InChI=1S/C14H17N3O4/c1-3-17-13(15-7-16-17)6-10(18)9-4-11(19-2)14-12(5-9)20-8-21-14/h4-5,7,10,18H,3,6,8H2,1-2H3. The van der Waals surface area contributed by atoms with Crippen LogP contribution in [0.1, 0.15) is 24.4 Å². The van der Waals surface area contributed by atoms with E-state index in [4.69, 9.17) is 14.2 Å². The Morgan fingerprint density at radius 2 is 2.29 bits per heavy atom. The zero-order chi connectivity index (χ0) is 14.8. The van der Waals surface area contributed by atoms with Crippen LogP contribution in [0.2, 0.25) is 0 Å². The van der Waals surface area contributed by atoms with Gasteiger partial charge in [0.05, 0.1) is 13.2 Å². The third kappa shape index (κ3) is 2.52. The molecule has 1 N–H and O–H groups in total. The number of methoxy groups -OCH3 is 1. The lowest BCUT2D eigenvalue weighted by atomic mass is 10.0. The van der Waals surface area contributed by atoms with Crippen molar-refractivity contribution in [3.63, 3.8) is 0 Å². The van der Waals surface area contributed by atoms with Crippen molar-refractivity contribution in [2.75, 3.05) is 13.9 Å². The monoisotopic (exact) mass is 291 g/mol. The minimum atomic E-state index is -0.720. The van der Waals surface area contributed by atoms with Gasteiger partial charge in [-0.15, -0.1) is 0 Å². The van der Waals surface area contributed by atoms with E-state index in [0.29, 0.717) is 35.8 Å². The lowest BCUT2D eigenvalue weighted by Gasteiger charge is -2.13. The molecule has 0 saturated carbocycles. The van der Waals surface area contributed by atoms with Crippen LogP contribution in [0.5, 0.6) is 17.2 Å². The van der Waals surface area contributed by atoms with Gasteiger partial charge < -0.3 is 19.3 Å². The van der Waals surface area contributed by atoms with Crippen LogP contribution in [0.15, 0.2) is 18.5 Å². The molecule has 0 amide bonds. The van der Waals surface area contributed by atoms with Crippen LogP contribution < -0.4 is 14.2 Å². The molecule has 0 saturated heterocycles. The number of benzene rings is 1. The Balaban J connectivity index is 1.86. The van der Waals surface area contributed by atoms with Crippen LogP contribution >= 0.6 is 0 Å². The zero-order valence-corrected chi connectivity index (χ0v) is 11.9. The number of aliphatic hydroxyl groups excluding tert-OH is 1. The number of fused-ring (bicyclic) bond motifs is 1. The molecule has 0 fully saturated rings. The first-order valence-electron chi connectivity index (χ1n) is 6.75. The van der Waals surface area contributed by atoms with Gasteiger partial charge in [-0.2, -0.15) is 5.10 Å². The van der Waals surface area contributed by atoms with Crippen molar-refractivity contribution >= 4 is 0 Å². The van der Waals surface area contributed by atoms with Crippen molar-refractivity contribution in [3.05, 3.63) is 29.8 Å². The predicted molar refractivity (Wildman–Crippen MR) is 73.5 cm³/mol. The van der Waals surface area contributed by atoms with Crippen molar-refractivity contribution in [3.8, 4) is 17.2 Å². The Morgan fingerprint density at radius 1 is 1.43 bits per heavy atom. The summed E-state index contributed by atoms with van der Waals surface area (Å²) in [5, 5.41) is 14.5. The topological polar surface area (TPSA) is 78.6 Å². The third-order valence-electron chi connectivity index (χ3n) is 3.44. The molecule has 0 radical (unpaired) electrons. The molecule has 21 heavy (non-hydrogen) atoms. The molecular formula is C14H17N3O4. The molecule has 0 spiro atoms. The second kappa shape index (κ2) is 5.61. The molecule has 7 nitrogen and oxygen atoms in total. The zero-order valence-electron chi connectivity index (χ0n) is 11.9. The second-order valence-corrected chi connectivity index (χ2v) is 4.67. The number of aliphatic hydroxyl groups is 1. The number of aromatic nitrogens is 3. The molecule has 7 heteroatoms. The van der Waals surface area contributed by atoms with Crippen LogP contribution in [0.3, 0.4) is 0 Å². The number of nitrogens with zero attached hydrogens (tertiary/aromatic N) is 3. The first-order chi connectivity index (χ1) is 10.2. The van der Waals surface area contributed by atoms with E-state index in [1.165, 1.54) is 6.33 Å². The summed E-state index contributed by atoms with van der Waals surface area (Å²) in [5.41, 5.74) is 0.696. The molecule has 3 rings (SSSR count). The number of ether oxygens (including phenoxy) is 3.